The van der Waals surface area contributed by atoms with Gasteiger partial charge in [0, 0.05) is 11.8 Å². The summed E-state index contributed by atoms with van der Waals surface area (Å²) in [7, 11) is 0. The fraction of sp³-hybridized carbons (Fsp3) is 0.545. The van der Waals surface area contributed by atoms with E-state index in [1.165, 1.54) is 11.8 Å². The molecule has 1 aromatic rings. The highest BCUT2D eigenvalue weighted by molar-refractivity contribution is 7.10. The summed E-state index contributed by atoms with van der Waals surface area (Å²) in [4.78, 5) is 12.4. The molecule has 0 spiro atoms. The SMILES string of the molecule is CC(=O)N(O)C(C)[C@@H]1C[C@H]1c1cccs1. The Balaban J connectivity index is 1.96. The van der Waals surface area contributed by atoms with Crippen molar-refractivity contribution >= 4 is 17.2 Å². The zero-order valence-corrected chi connectivity index (χ0v) is 9.70. The molecule has 1 amide bonds. The third-order valence-electron chi connectivity index (χ3n) is 3.08. The molecule has 1 saturated carbocycles. The van der Waals surface area contributed by atoms with Crippen LogP contribution in [0.3, 0.4) is 0 Å². The van der Waals surface area contributed by atoms with E-state index in [1.54, 1.807) is 11.3 Å². The molecule has 0 aromatic carbocycles. The van der Waals surface area contributed by atoms with Gasteiger partial charge in [-0.25, -0.2) is 5.06 Å². The molecule has 1 fully saturated rings. The molecule has 1 unspecified atom stereocenters. The van der Waals surface area contributed by atoms with E-state index in [4.69, 9.17) is 0 Å². The first kappa shape index (κ1) is 10.6. The normalized spacial score (nSPS) is 26.1. The fourth-order valence-corrected chi connectivity index (χ4v) is 2.96. The van der Waals surface area contributed by atoms with Gasteiger partial charge in [0.15, 0.2) is 0 Å². The second kappa shape index (κ2) is 3.94. The summed E-state index contributed by atoms with van der Waals surface area (Å²) in [6.45, 7) is 3.29. The Morgan fingerprint density at radius 1 is 1.73 bits per heavy atom. The summed E-state index contributed by atoms with van der Waals surface area (Å²) in [5, 5.41) is 12.4. The topological polar surface area (TPSA) is 40.5 Å². The average Bonchev–Trinajstić information content (AvgIpc) is 2.82. The number of hydrogen-bond donors (Lipinski definition) is 1. The molecule has 0 radical (unpaired) electrons. The largest absolute Gasteiger partial charge is 0.286 e. The van der Waals surface area contributed by atoms with Crippen molar-refractivity contribution in [1.82, 2.24) is 5.06 Å². The first-order chi connectivity index (χ1) is 7.11. The maximum atomic E-state index is 11.0. The predicted molar refractivity (Wildman–Crippen MR) is 58.9 cm³/mol. The number of nitrogens with zero attached hydrogens (tertiary/aromatic N) is 1. The Morgan fingerprint density at radius 3 is 3.00 bits per heavy atom. The molecule has 82 valence electrons. The maximum Gasteiger partial charge on any atom is 0.243 e. The van der Waals surface area contributed by atoms with Crippen LogP contribution in [0.1, 0.15) is 31.1 Å². The van der Waals surface area contributed by atoms with E-state index in [-0.39, 0.29) is 11.9 Å². The van der Waals surface area contributed by atoms with Crippen LogP contribution in [0.25, 0.3) is 0 Å². The Bertz CT molecular complexity index is 349. The molecular formula is C11H15NO2S. The quantitative estimate of drug-likeness (QED) is 0.634. The van der Waals surface area contributed by atoms with Gasteiger partial charge in [-0.15, -0.1) is 11.3 Å². The first-order valence-corrected chi connectivity index (χ1v) is 6.01. The lowest BCUT2D eigenvalue weighted by Crippen LogP contribution is -2.35. The molecule has 2 rings (SSSR count). The van der Waals surface area contributed by atoms with Crippen molar-refractivity contribution in [2.75, 3.05) is 0 Å². The van der Waals surface area contributed by atoms with Crippen molar-refractivity contribution in [3.63, 3.8) is 0 Å². The molecule has 0 bridgehead atoms. The van der Waals surface area contributed by atoms with Crippen LogP contribution in [0.5, 0.6) is 0 Å². The second-order valence-corrected chi connectivity index (χ2v) is 5.10. The smallest absolute Gasteiger partial charge is 0.243 e. The van der Waals surface area contributed by atoms with E-state index in [1.807, 2.05) is 13.0 Å². The third-order valence-corrected chi connectivity index (χ3v) is 4.08. The lowest BCUT2D eigenvalue weighted by atomic mass is 10.1. The van der Waals surface area contributed by atoms with Crippen molar-refractivity contribution < 1.29 is 10.0 Å². The number of rotatable bonds is 3. The van der Waals surface area contributed by atoms with E-state index in [2.05, 4.69) is 11.4 Å². The van der Waals surface area contributed by atoms with E-state index in [0.29, 0.717) is 11.8 Å². The summed E-state index contributed by atoms with van der Waals surface area (Å²) >= 11 is 1.75. The molecule has 1 aliphatic rings. The van der Waals surface area contributed by atoms with Gasteiger partial charge in [0.05, 0.1) is 6.04 Å². The maximum absolute atomic E-state index is 11.0. The van der Waals surface area contributed by atoms with Gasteiger partial charge in [-0.1, -0.05) is 6.07 Å². The highest BCUT2D eigenvalue weighted by Crippen LogP contribution is 2.51. The molecule has 3 nitrogen and oxygen atoms in total. The monoisotopic (exact) mass is 225 g/mol. The van der Waals surface area contributed by atoms with E-state index < -0.39 is 0 Å². The Kier molecular flexibility index (Phi) is 2.80. The van der Waals surface area contributed by atoms with Crippen molar-refractivity contribution in [2.24, 2.45) is 5.92 Å². The molecule has 0 saturated heterocycles. The molecule has 15 heavy (non-hydrogen) atoms. The Labute approximate surface area is 93.3 Å². The average molecular weight is 225 g/mol. The minimum absolute atomic E-state index is 0.0744. The zero-order valence-electron chi connectivity index (χ0n) is 8.88. The summed E-state index contributed by atoms with van der Waals surface area (Å²) in [6, 6.07) is 4.09. The molecule has 1 N–H and O–H groups in total. The van der Waals surface area contributed by atoms with E-state index >= 15 is 0 Å². The van der Waals surface area contributed by atoms with Crippen LogP contribution in [0.15, 0.2) is 17.5 Å². The highest BCUT2D eigenvalue weighted by atomic mass is 32.1. The molecule has 1 aromatic heterocycles. The first-order valence-electron chi connectivity index (χ1n) is 5.13. The van der Waals surface area contributed by atoms with Gasteiger partial charge in [-0.2, -0.15) is 0 Å². The molecule has 1 heterocycles. The Hall–Kier alpha value is -0.870. The highest BCUT2D eigenvalue weighted by Gasteiger charge is 2.45. The van der Waals surface area contributed by atoms with Crippen LogP contribution < -0.4 is 0 Å². The minimum atomic E-state index is -0.278. The number of carbonyl (C=O) groups excluding carboxylic acids is 1. The molecule has 1 aliphatic carbocycles. The van der Waals surface area contributed by atoms with Gasteiger partial charge in [0.2, 0.25) is 5.91 Å². The summed E-state index contributed by atoms with van der Waals surface area (Å²) < 4.78 is 0. The molecule has 0 aliphatic heterocycles. The number of hydroxylamine groups is 2. The van der Waals surface area contributed by atoms with Gasteiger partial charge in [-0.05, 0) is 36.6 Å². The van der Waals surface area contributed by atoms with E-state index in [9.17, 15) is 10.0 Å². The van der Waals surface area contributed by atoms with Crippen molar-refractivity contribution in [2.45, 2.75) is 32.2 Å². The molecular weight excluding hydrogens is 210 g/mol. The number of thiophene rings is 1. The number of hydrogen-bond acceptors (Lipinski definition) is 3. The van der Waals surface area contributed by atoms with Crippen LogP contribution >= 0.6 is 11.3 Å². The summed E-state index contributed by atoms with van der Waals surface area (Å²) in [6.07, 6.45) is 1.08. The van der Waals surface area contributed by atoms with Crippen molar-refractivity contribution in [3.05, 3.63) is 22.4 Å². The molecule has 4 heteroatoms. The lowest BCUT2D eigenvalue weighted by molar-refractivity contribution is -0.173. The van der Waals surface area contributed by atoms with Gasteiger partial charge in [-0.3, -0.25) is 10.0 Å². The standard InChI is InChI=1S/C11H15NO2S/c1-7(12(14)8(2)13)9-6-10(9)11-4-3-5-15-11/h3-5,7,9-10,14H,6H2,1-2H3/t7?,9-,10+/m0/s1. The Morgan fingerprint density at radius 2 is 2.47 bits per heavy atom. The van der Waals surface area contributed by atoms with Gasteiger partial charge in [0.25, 0.3) is 0 Å². The molecule has 3 atom stereocenters. The number of amides is 1. The van der Waals surface area contributed by atoms with Crippen molar-refractivity contribution in [1.29, 1.82) is 0 Å². The van der Waals surface area contributed by atoms with Gasteiger partial charge >= 0.3 is 0 Å². The van der Waals surface area contributed by atoms with Crippen LogP contribution in [0.2, 0.25) is 0 Å². The zero-order chi connectivity index (χ0) is 11.0. The third kappa shape index (κ3) is 2.06. The second-order valence-electron chi connectivity index (χ2n) is 4.13. The van der Waals surface area contributed by atoms with Crippen LogP contribution in [-0.4, -0.2) is 22.2 Å². The van der Waals surface area contributed by atoms with Gasteiger partial charge in [0.1, 0.15) is 0 Å². The van der Waals surface area contributed by atoms with Crippen LogP contribution in [0.4, 0.5) is 0 Å². The van der Waals surface area contributed by atoms with Crippen LogP contribution in [-0.2, 0) is 4.79 Å². The summed E-state index contributed by atoms with van der Waals surface area (Å²) in [5.74, 6) is 0.672. The van der Waals surface area contributed by atoms with E-state index in [0.717, 1.165) is 11.5 Å². The fourth-order valence-electron chi connectivity index (χ4n) is 2.05. The van der Waals surface area contributed by atoms with Gasteiger partial charge < -0.3 is 0 Å². The van der Waals surface area contributed by atoms with Crippen molar-refractivity contribution in [3.8, 4) is 0 Å². The van der Waals surface area contributed by atoms with Crippen LogP contribution in [0, 0.1) is 5.92 Å². The number of carbonyl (C=O) groups is 1. The summed E-state index contributed by atoms with van der Waals surface area (Å²) in [5.41, 5.74) is 0. The minimum Gasteiger partial charge on any atom is -0.286 e. The lowest BCUT2D eigenvalue weighted by Gasteiger charge is -2.21. The predicted octanol–water partition coefficient (Wildman–Crippen LogP) is 2.48.